The zero-order chi connectivity index (χ0) is 18.7. The Kier molecular flexibility index (Phi) is 6.37. The van der Waals surface area contributed by atoms with Crippen LogP contribution in [0.15, 0.2) is 34.9 Å². The highest BCUT2D eigenvalue weighted by molar-refractivity contribution is 9.10. The van der Waals surface area contributed by atoms with E-state index in [-0.39, 0.29) is 11.7 Å². The molecule has 0 spiro atoms. The molecule has 0 N–H and O–H groups in total. The molecule has 0 unspecified atom stereocenters. The highest BCUT2D eigenvalue weighted by Gasteiger charge is 2.23. The summed E-state index contributed by atoms with van der Waals surface area (Å²) in [6.45, 7) is 2.46. The molecule has 0 aliphatic carbocycles. The lowest BCUT2D eigenvalue weighted by Crippen LogP contribution is -2.49. The normalized spacial score (nSPS) is 14.6. The van der Waals surface area contributed by atoms with E-state index in [1.807, 2.05) is 4.90 Å². The topological polar surface area (TPSA) is 36.4 Å². The molecule has 138 valence electrons. The number of nitrogens with zero attached hydrogens (tertiary/aromatic N) is 3. The lowest BCUT2D eigenvalue weighted by molar-refractivity contribution is -0.131. The first-order valence-electron chi connectivity index (χ1n) is 8.22. The number of hydrogen-bond acceptors (Lipinski definition) is 3. The zero-order valence-corrected chi connectivity index (χ0v) is 17.0. The van der Waals surface area contributed by atoms with Crippen LogP contribution in [0, 0.1) is 5.82 Å². The van der Waals surface area contributed by atoms with Gasteiger partial charge in [-0.05, 0) is 30.2 Å². The molecule has 8 heteroatoms. The summed E-state index contributed by atoms with van der Waals surface area (Å²) < 4.78 is 14.5. The Morgan fingerprint density at radius 3 is 2.58 bits per heavy atom. The molecule has 0 saturated carbocycles. The van der Waals surface area contributed by atoms with Gasteiger partial charge in [-0.2, -0.15) is 0 Å². The summed E-state index contributed by atoms with van der Waals surface area (Å²) in [5.74, 6) is 0.419. The maximum atomic E-state index is 13.9. The number of rotatable bonds is 4. The van der Waals surface area contributed by atoms with Crippen molar-refractivity contribution in [1.82, 2.24) is 9.88 Å². The zero-order valence-electron chi connectivity index (χ0n) is 13.9. The predicted octanol–water partition coefficient (Wildman–Crippen LogP) is 4.57. The van der Waals surface area contributed by atoms with Gasteiger partial charge >= 0.3 is 0 Å². The molecule has 1 amide bonds. The first-order chi connectivity index (χ1) is 12.4. The van der Waals surface area contributed by atoms with Crippen molar-refractivity contribution in [2.24, 2.45) is 0 Å². The van der Waals surface area contributed by atoms with Crippen LogP contribution in [0.1, 0.15) is 12.0 Å². The second kappa shape index (κ2) is 8.55. The summed E-state index contributed by atoms with van der Waals surface area (Å²) in [4.78, 5) is 20.5. The van der Waals surface area contributed by atoms with Crippen molar-refractivity contribution in [3.8, 4) is 0 Å². The van der Waals surface area contributed by atoms with Crippen LogP contribution in [-0.2, 0) is 11.2 Å². The number of aromatic nitrogens is 1. The highest BCUT2D eigenvalue weighted by Crippen LogP contribution is 2.27. The smallest absolute Gasteiger partial charge is 0.223 e. The van der Waals surface area contributed by atoms with Gasteiger partial charge in [-0.3, -0.25) is 4.79 Å². The van der Waals surface area contributed by atoms with Gasteiger partial charge in [-0.1, -0.05) is 45.2 Å². The molecule has 0 bridgehead atoms. The fraction of sp³-hybridized carbons (Fsp3) is 0.333. The number of aryl methyl sites for hydroxylation is 1. The lowest BCUT2D eigenvalue weighted by Gasteiger charge is -2.35. The van der Waals surface area contributed by atoms with E-state index in [1.54, 1.807) is 29.3 Å². The average molecular weight is 461 g/mol. The second-order valence-corrected chi connectivity index (χ2v) is 7.82. The fourth-order valence-electron chi connectivity index (χ4n) is 2.93. The number of carbonyl (C=O) groups excluding carboxylic acids is 1. The molecular weight excluding hydrogens is 444 g/mol. The van der Waals surface area contributed by atoms with Crippen LogP contribution in [0.3, 0.4) is 0 Å². The van der Waals surface area contributed by atoms with E-state index in [0.29, 0.717) is 64.9 Å². The molecule has 1 aliphatic rings. The Morgan fingerprint density at radius 2 is 1.92 bits per heavy atom. The van der Waals surface area contributed by atoms with Crippen LogP contribution in [0.2, 0.25) is 10.0 Å². The van der Waals surface area contributed by atoms with Crippen LogP contribution in [0.5, 0.6) is 0 Å². The van der Waals surface area contributed by atoms with Crippen molar-refractivity contribution in [2.45, 2.75) is 12.8 Å². The van der Waals surface area contributed by atoms with Gasteiger partial charge in [0, 0.05) is 43.3 Å². The van der Waals surface area contributed by atoms with Gasteiger partial charge in [-0.15, -0.1) is 0 Å². The minimum atomic E-state index is -0.291. The van der Waals surface area contributed by atoms with E-state index in [4.69, 9.17) is 23.2 Å². The van der Waals surface area contributed by atoms with Crippen molar-refractivity contribution in [3.63, 3.8) is 0 Å². The molecule has 1 aromatic carbocycles. The first-order valence-corrected chi connectivity index (χ1v) is 9.76. The third kappa shape index (κ3) is 4.67. The van der Waals surface area contributed by atoms with Gasteiger partial charge in [0.15, 0.2) is 0 Å². The molecule has 2 aromatic rings. The Bertz CT molecular complexity index is 813. The molecule has 1 fully saturated rings. The van der Waals surface area contributed by atoms with Gasteiger partial charge in [-0.25, -0.2) is 9.37 Å². The maximum Gasteiger partial charge on any atom is 0.223 e. The number of amides is 1. The molecule has 2 heterocycles. The van der Waals surface area contributed by atoms with Gasteiger partial charge in [0.25, 0.3) is 0 Å². The number of anilines is 1. The molecule has 0 radical (unpaired) electrons. The molecular formula is C18H17BrCl2FN3O. The lowest BCUT2D eigenvalue weighted by atomic mass is 10.1. The molecule has 3 rings (SSSR count). The average Bonchev–Trinajstić information content (AvgIpc) is 2.61. The Hall–Kier alpha value is -1.37. The van der Waals surface area contributed by atoms with Gasteiger partial charge in [0.05, 0.1) is 10.0 Å². The van der Waals surface area contributed by atoms with Crippen molar-refractivity contribution in [3.05, 3.63) is 56.4 Å². The van der Waals surface area contributed by atoms with Crippen molar-refractivity contribution in [2.75, 3.05) is 31.1 Å². The van der Waals surface area contributed by atoms with E-state index in [1.165, 1.54) is 6.07 Å². The number of carbonyl (C=O) groups is 1. The van der Waals surface area contributed by atoms with E-state index in [9.17, 15) is 9.18 Å². The van der Waals surface area contributed by atoms with Crippen molar-refractivity contribution >= 4 is 50.9 Å². The molecule has 0 atom stereocenters. The van der Waals surface area contributed by atoms with Gasteiger partial charge < -0.3 is 9.80 Å². The molecule has 1 aliphatic heterocycles. The molecule has 1 aromatic heterocycles. The summed E-state index contributed by atoms with van der Waals surface area (Å²) in [5.41, 5.74) is 0.553. The SMILES string of the molecule is O=C(CCc1ccc(Br)cc1F)N1CCN(c2ncc(Cl)cc2Cl)CC1. The van der Waals surface area contributed by atoms with Crippen LogP contribution < -0.4 is 4.90 Å². The highest BCUT2D eigenvalue weighted by atomic mass is 79.9. The number of hydrogen-bond donors (Lipinski definition) is 0. The summed E-state index contributed by atoms with van der Waals surface area (Å²) in [6, 6.07) is 6.57. The third-order valence-corrected chi connectivity index (χ3v) is 5.32. The van der Waals surface area contributed by atoms with E-state index in [2.05, 4.69) is 20.9 Å². The summed E-state index contributed by atoms with van der Waals surface area (Å²) >= 11 is 15.3. The number of halogens is 4. The monoisotopic (exact) mass is 459 g/mol. The Labute approximate surface area is 170 Å². The summed E-state index contributed by atoms with van der Waals surface area (Å²) in [5, 5.41) is 0.996. The van der Waals surface area contributed by atoms with E-state index in [0.717, 1.165) is 0 Å². The molecule has 26 heavy (non-hydrogen) atoms. The number of piperazine rings is 1. The van der Waals surface area contributed by atoms with Crippen molar-refractivity contribution < 1.29 is 9.18 Å². The van der Waals surface area contributed by atoms with Crippen LogP contribution in [0.25, 0.3) is 0 Å². The predicted molar refractivity (Wildman–Crippen MR) is 105 cm³/mol. The second-order valence-electron chi connectivity index (χ2n) is 6.06. The third-order valence-electron chi connectivity index (χ3n) is 4.34. The van der Waals surface area contributed by atoms with Crippen LogP contribution in [0.4, 0.5) is 10.2 Å². The Balaban J connectivity index is 1.53. The van der Waals surface area contributed by atoms with E-state index < -0.39 is 0 Å². The van der Waals surface area contributed by atoms with Crippen molar-refractivity contribution in [1.29, 1.82) is 0 Å². The summed E-state index contributed by atoms with van der Waals surface area (Å²) in [7, 11) is 0. The fourth-order valence-corrected chi connectivity index (χ4v) is 3.76. The summed E-state index contributed by atoms with van der Waals surface area (Å²) in [6.07, 6.45) is 2.24. The van der Waals surface area contributed by atoms with Gasteiger partial charge in [0.1, 0.15) is 11.6 Å². The minimum absolute atomic E-state index is 0.0298. The quantitative estimate of drug-likeness (QED) is 0.670. The number of pyridine rings is 1. The maximum absolute atomic E-state index is 13.9. The van der Waals surface area contributed by atoms with Crippen LogP contribution in [-0.4, -0.2) is 42.0 Å². The standard InChI is InChI=1S/C18H17BrCl2FN3O/c19-13-3-1-12(16(22)9-13)2-4-17(26)24-5-7-25(8-6-24)18-15(21)10-14(20)11-23-18/h1,3,9-11H,2,4-8H2. The van der Waals surface area contributed by atoms with Crippen LogP contribution >= 0.6 is 39.1 Å². The molecule has 1 saturated heterocycles. The molecule has 4 nitrogen and oxygen atoms in total. The largest absolute Gasteiger partial charge is 0.352 e. The Morgan fingerprint density at radius 1 is 1.19 bits per heavy atom. The first kappa shape index (κ1) is 19.4. The van der Waals surface area contributed by atoms with E-state index >= 15 is 0 Å². The minimum Gasteiger partial charge on any atom is -0.352 e. The number of benzene rings is 1. The van der Waals surface area contributed by atoms with Gasteiger partial charge in [0.2, 0.25) is 5.91 Å².